The van der Waals surface area contributed by atoms with Crippen LogP contribution in [-0.4, -0.2) is 28.3 Å². The topological polar surface area (TPSA) is 77.5 Å². The SMILES string of the molecule is COc1ccc2c(ccn2CC(C)(N)C(=O)O)c1. The van der Waals surface area contributed by atoms with Crippen molar-refractivity contribution in [2.45, 2.75) is 19.0 Å². The number of aromatic nitrogens is 1. The minimum atomic E-state index is -1.29. The summed E-state index contributed by atoms with van der Waals surface area (Å²) in [5.74, 6) is -0.244. The molecule has 96 valence electrons. The molecule has 1 heterocycles. The van der Waals surface area contributed by atoms with Crippen LogP contribution in [0.4, 0.5) is 0 Å². The van der Waals surface area contributed by atoms with Gasteiger partial charge in [0.25, 0.3) is 0 Å². The summed E-state index contributed by atoms with van der Waals surface area (Å²) in [6.45, 7) is 1.73. The molecule has 0 spiro atoms. The Hall–Kier alpha value is -2.01. The van der Waals surface area contributed by atoms with Crippen LogP contribution in [0.5, 0.6) is 5.75 Å². The van der Waals surface area contributed by atoms with Gasteiger partial charge in [0.05, 0.1) is 13.7 Å². The number of carbonyl (C=O) groups is 1. The van der Waals surface area contributed by atoms with Crippen LogP contribution in [0.15, 0.2) is 30.5 Å². The van der Waals surface area contributed by atoms with E-state index in [0.29, 0.717) is 0 Å². The smallest absolute Gasteiger partial charge is 0.325 e. The van der Waals surface area contributed by atoms with Gasteiger partial charge in [0.1, 0.15) is 11.3 Å². The van der Waals surface area contributed by atoms with Crippen LogP contribution >= 0.6 is 0 Å². The molecule has 1 aromatic carbocycles. The van der Waals surface area contributed by atoms with Crippen LogP contribution in [0.2, 0.25) is 0 Å². The van der Waals surface area contributed by atoms with Gasteiger partial charge in [0, 0.05) is 17.1 Å². The molecule has 3 N–H and O–H groups in total. The van der Waals surface area contributed by atoms with Gasteiger partial charge in [0.2, 0.25) is 0 Å². The zero-order valence-corrected chi connectivity index (χ0v) is 10.4. The summed E-state index contributed by atoms with van der Waals surface area (Å²) in [4.78, 5) is 11.0. The van der Waals surface area contributed by atoms with Crippen LogP contribution in [0.1, 0.15) is 6.92 Å². The van der Waals surface area contributed by atoms with Gasteiger partial charge >= 0.3 is 5.97 Å². The van der Waals surface area contributed by atoms with Gasteiger partial charge in [0.15, 0.2) is 0 Å². The highest BCUT2D eigenvalue weighted by molar-refractivity contribution is 5.82. The summed E-state index contributed by atoms with van der Waals surface area (Å²) in [6, 6.07) is 7.55. The average molecular weight is 248 g/mol. The van der Waals surface area contributed by atoms with Crippen LogP contribution in [0, 0.1) is 0 Å². The van der Waals surface area contributed by atoms with E-state index in [1.807, 2.05) is 35.0 Å². The highest BCUT2D eigenvalue weighted by Crippen LogP contribution is 2.22. The predicted molar refractivity (Wildman–Crippen MR) is 68.7 cm³/mol. The maximum absolute atomic E-state index is 11.0. The molecule has 2 aromatic rings. The Bertz CT molecular complexity index is 587. The number of fused-ring (bicyclic) bond motifs is 1. The zero-order valence-electron chi connectivity index (χ0n) is 10.4. The predicted octanol–water partition coefficient (Wildman–Crippen LogP) is 1.45. The standard InChI is InChI=1S/C13H16N2O3/c1-13(14,12(16)17)8-15-6-5-9-7-10(18-2)3-4-11(9)15/h3-7H,8,14H2,1-2H3,(H,16,17). The minimum Gasteiger partial charge on any atom is -0.497 e. The molecule has 0 aliphatic heterocycles. The first-order valence-corrected chi connectivity index (χ1v) is 5.59. The molecule has 5 nitrogen and oxygen atoms in total. The fourth-order valence-corrected chi connectivity index (χ4v) is 1.86. The number of carboxylic acids is 1. The fraction of sp³-hybridized carbons (Fsp3) is 0.308. The summed E-state index contributed by atoms with van der Waals surface area (Å²) in [6.07, 6.45) is 1.83. The van der Waals surface area contributed by atoms with E-state index in [-0.39, 0.29) is 6.54 Å². The number of hydrogen-bond acceptors (Lipinski definition) is 3. The lowest BCUT2D eigenvalue weighted by Crippen LogP contribution is -2.48. The monoisotopic (exact) mass is 248 g/mol. The highest BCUT2D eigenvalue weighted by Gasteiger charge is 2.28. The van der Waals surface area contributed by atoms with Crippen molar-refractivity contribution < 1.29 is 14.6 Å². The Morgan fingerprint density at radius 1 is 1.50 bits per heavy atom. The second-order valence-corrected chi connectivity index (χ2v) is 4.59. The Balaban J connectivity index is 2.38. The molecule has 1 unspecified atom stereocenters. The molecule has 0 aliphatic rings. The van der Waals surface area contributed by atoms with Crippen molar-refractivity contribution in [2.24, 2.45) is 5.73 Å². The van der Waals surface area contributed by atoms with Gasteiger partial charge in [-0.3, -0.25) is 4.79 Å². The lowest BCUT2D eigenvalue weighted by Gasteiger charge is -2.20. The Labute approximate surface area is 105 Å². The molecule has 1 aromatic heterocycles. The number of hydrogen-bond donors (Lipinski definition) is 2. The second-order valence-electron chi connectivity index (χ2n) is 4.59. The molecule has 5 heteroatoms. The van der Waals surface area contributed by atoms with Crippen molar-refractivity contribution in [3.63, 3.8) is 0 Å². The maximum Gasteiger partial charge on any atom is 0.325 e. The summed E-state index contributed by atoms with van der Waals surface area (Å²) in [5.41, 5.74) is 5.41. The zero-order chi connectivity index (χ0) is 13.3. The molecule has 0 amide bonds. The first kappa shape index (κ1) is 12.4. The first-order valence-electron chi connectivity index (χ1n) is 5.59. The number of carboxylic acid groups (broad SMARTS) is 1. The van der Waals surface area contributed by atoms with Crippen molar-refractivity contribution in [2.75, 3.05) is 7.11 Å². The van der Waals surface area contributed by atoms with Crippen molar-refractivity contribution in [1.29, 1.82) is 0 Å². The molecule has 0 aliphatic carbocycles. The number of benzene rings is 1. The van der Waals surface area contributed by atoms with Crippen molar-refractivity contribution >= 4 is 16.9 Å². The molecule has 0 bridgehead atoms. The van der Waals surface area contributed by atoms with E-state index in [4.69, 9.17) is 15.6 Å². The van der Waals surface area contributed by atoms with Gasteiger partial charge in [-0.1, -0.05) is 0 Å². The largest absolute Gasteiger partial charge is 0.497 e. The second kappa shape index (κ2) is 4.34. The Morgan fingerprint density at radius 2 is 2.22 bits per heavy atom. The Kier molecular flexibility index (Phi) is 3.00. The summed E-state index contributed by atoms with van der Waals surface area (Å²) in [5, 5.41) is 10.0. The molecule has 0 saturated carbocycles. The highest BCUT2D eigenvalue weighted by atomic mass is 16.5. The number of ether oxygens (including phenoxy) is 1. The maximum atomic E-state index is 11.0. The fourth-order valence-electron chi connectivity index (χ4n) is 1.86. The molecule has 2 rings (SSSR count). The van der Waals surface area contributed by atoms with Crippen LogP contribution in [0.25, 0.3) is 10.9 Å². The van der Waals surface area contributed by atoms with E-state index >= 15 is 0 Å². The molecule has 0 radical (unpaired) electrons. The van der Waals surface area contributed by atoms with Crippen LogP contribution < -0.4 is 10.5 Å². The van der Waals surface area contributed by atoms with E-state index in [2.05, 4.69) is 0 Å². The van der Waals surface area contributed by atoms with Gasteiger partial charge < -0.3 is 20.1 Å². The molecule has 1 atom stereocenters. The molecule has 0 saturated heterocycles. The van der Waals surface area contributed by atoms with Crippen LogP contribution in [-0.2, 0) is 11.3 Å². The van der Waals surface area contributed by atoms with Gasteiger partial charge in [-0.15, -0.1) is 0 Å². The molecule has 0 fully saturated rings. The van der Waals surface area contributed by atoms with E-state index in [0.717, 1.165) is 16.7 Å². The van der Waals surface area contributed by atoms with Crippen molar-refractivity contribution in [3.05, 3.63) is 30.5 Å². The molecular formula is C13H16N2O3. The van der Waals surface area contributed by atoms with Crippen molar-refractivity contribution in [1.82, 2.24) is 4.57 Å². The number of methoxy groups -OCH3 is 1. The number of rotatable bonds is 4. The first-order chi connectivity index (χ1) is 8.44. The normalized spacial score (nSPS) is 14.4. The summed E-state index contributed by atoms with van der Waals surface area (Å²) >= 11 is 0. The quantitative estimate of drug-likeness (QED) is 0.858. The Morgan fingerprint density at radius 3 is 2.83 bits per heavy atom. The lowest BCUT2D eigenvalue weighted by atomic mass is 10.0. The third kappa shape index (κ3) is 2.17. The average Bonchev–Trinajstić information content (AvgIpc) is 2.71. The van der Waals surface area contributed by atoms with Gasteiger partial charge in [-0.05, 0) is 31.2 Å². The van der Waals surface area contributed by atoms with Crippen molar-refractivity contribution in [3.8, 4) is 5.75 Å². The number of aliphatic carboxylic acids is 1. The van der Waals surface area contributed by atoms with Gasteiger partial charge in [-0.2, -0.15) is 0 Å². The number of nitrogens with two attached hydrogens (primary N) is 1. The van der Waals surface area contributed by atoms with E-state index in [9.17, 15) is 4.79 Å². The van der Waals surface area contributed by atoms with E-state index in [1.54, 1.807) is 7.11 Å². The number of nitrogens with zero attached hydrogens (tertiary/aromatic N) is 1. The third-order valence-corrected chi connectivity index (χ3v) is 2.97. The minimum absolute atomic E-state index is 0.220. The van der Waals surface area contributed by atoms with Gasteiger partial charge in [-0.25, -0.2) is 0 Å². The summed E-state index contributed by atoms with van der Waals surface area (Å²) < 4.78 is 6.98. The van der Waals surface area contributed by atoms with E-state index < -0.39 is 11.5 Å². The van der Waals surface area contributed by atoms with E-state index in [1.165, 1.54) is 6.92 Å². The lowest BCUT2D eigenvalue weighted by molar-refractivity contribution is -0.143. The summed E-state index contributed by atoms with van der Waals surface area (Å²) in [7, 11) is 1.61. The third-order valence-electron chi connectivity index (χ3n) is 2.97. The molecular weight excluding hydrogens is 232 g/mol. The van der Waals surface area contributed by atoms with Crippen LogP contribution in [0.3, 0.4) is 0 Å². The molecule has 18 heavy (non-hydrogen) atoms.